The summed E-state index contributed by atoms with van der Waals surface area (Å²) < 4.78 is 1.75. The van der Waals surface area contributed by atoms with Gasteiger partial charge in [0.25, 0.3) is 0 Å². The number of hydrogen-bond donors (Lipinski definition) is 1. The Labute approximate surface area is 178 Å². The third-order valence-corrected chi connectivity index (χ3v) is 5.33. The molecule has 0 fully saturated rings. The Bertz CT molecular complexity index is 1080. The molecule has 1 N–H and O–H groups in total. The van der Waals surface area contributed by atoms with Crippen LogP contribution >= 0.6 is 23.2 Å². The number of rotatable bonds is 5. The Morgan fingerprint density at radius 1 is 1.10 bits per heavy atom. The summed E-state index contributed by atoms with van der Waals surface area (Å²) in [6.07, 6.45) is 0.293. The highest BCUT2D eigenvalue weighted by Crippen LogP contribution is 2.29. The molecule has 0 saturated carbocycles. The molecule has 8 heteroatoms. The van der Waals surface area contributed by atoms with E-state index >= 15 is 0 Å². The minimum absolute atomic E-state index is 0.0794. The van der Waals surface area contributed by atoms with E-state index in [1.807, 2.05) is 42.5 Å². The number of amides is 2. The molecule has 2 amide bonds. The second kappa shape index (κ2) is 8.27. The lowest BCUT2D eigenvalue weighted by atomic mass is 10.1. The van der Waals surface area contributed by atoms with Gasteiger partial charge in [-0.2, -0.15) is 5.10 Å². The van der Waals surface area contributed by atoms with E-state index in [0.29, 0.717) is 41.1 Å². The number of fused-ring (bicyclic) bond motifs is 1. The lowest BCUT2D eigenvalue weighted by molar-refractivity contribution is -0.124. The van der Waals surface area contributed by atoms with Gasteiger partial charge < -0.3 is 5.32 Å². The van der Waals surface area contributed by atoms with Crippen LogP contribution in [0.3, 0.4) is 0 Å². The van der Waals surface area contributed by atoms with Crippen LogP contribution < -0.4 is 10.2 Å². The number of anilines is 1. The SMILES string of the molecule is O=C(CN1C(=O)CCn2nc(-c3cccc(Cl)c3)cc21)NCc1ccccc1Cl. The zero-order chi connectivity index (χ0) is 20.4. The summed E-state index contributed by atoms with van der Waals surface area (Å²) in [5, 5.41) is 8.59. The number of nitrogens with one attached hydrogen (secondary N) is 1. The van der Waals surface area contributed by atoms with E-state index in [2.05, 4.69) is 10.4 Å². The maximum absolute atomic E-state index is 12.5. The van der Waals surface area contributed by atoms with Crippen LogP contribution in [0.15, 0.2) is 54.6 Å². The molecule has 0 bridgehead atoms. The molecule has 148 valence electrons. The van der Waals surface area contributed by atoms with Crippen LogP contribution in [0.4, 0.5) is 5.82 Å². The Morgan fingerprint density at radius 3 is 2.72 bits per heavy atom. The minimum Gasteiger partial charge on any atom is -0.350 e. The van der Waals surface area contributed by atoms with Crippen molar-refractivity contribution in [3.8, 4) is 11.3 Å². The molecule has 1 aliphatic rings. The van der Waals surface area contributed by atoms with E-state index in [9.17, 15) is 9.59 Å². The van der Waals surface area contributed by atoms with Crippen molar-refractivity contribution in [2.45, 2.75) is 19.5 Å². The molecule has 0 atom stereocenters. The summed E-state index contributed by atoms with van der Waals surface area (Å²) in [5.41, 5.74) is 2.38. The molecule has 0 spiro atoms. The van der Waals surface area contributed by atoms with Crippen molar-refractivity contribution < 1.29 is 9.59 Å². The van der Waals surface area contributed by atoms with E-state index in [1.165, 1.54) is 4.90 Å². The number of hydrogen-bond acceptors (Lipinski definition) is 3. The van der Waals surface area contributed by atoms with Crippen LogP contribution in [0.1, 0.15) is 12.0 Å². The maximum atomic E-state index is 12.5. The summed E-state index contributed by atoms with van der Waals surface area (Å²) in [6.45, 7) is 0.698. The fourth-order valence-corrected chi connectivity index (χ4v) is 3.64. The molecule has 1 aromatic heterocycles. The average Bonchev–Trinajstić information content (AvgIpc) is 3.14. The molecule has 2 heterocycles. The smallest absolute Gasteiger partial charge is 0.240 e. The molecular weight excluding hydrogens is 411 g/mol. The van der Waals surface area contributed by atoms with Gasteiger partial charge in [-0.1, -0.05) is 53.5 Å². The van der Waals surface area contributed by atoms with Gasteiger partial charge in [-0.25, -0.2) is 4.68 Å². The summed E-state index contributed by atoms with van der Waals surface area (Å²) >= 11 is 12.2. The Kier molecular flexibility index (Phi) is 5.56. The number of aryl methyl sites for hydroxylation is 1. The number of benzene rings is 2. The first kappa shape index (κ1) is 19.5. The lowest BCUT2D eigenvalue weighted by Crippen LogP contribution is -2.44. The topological polar surface area (TPSA) is 67.2 Å². The first-order chi connectivity index (χ1) is 14.0. The Balaban J connectivity index is 1.50. The van der Waals surface area contributed by atoms with Crippen molar-refractivity contribution in [1.82, 2.24) is 15.1 Å². The second-order valence-corrected chi connectivity index (χ2v) is 7.56. The quantitative estimate of drug-likeness (QED) is 0.669. The fraction of sp³-hybridized carbons (Fsp3) is 0.190. The van der Waals surface area contributed by atoms with Gasteiger partial charge in [-0.05, 0) is 23.8 Å². The third kappa shape index (κ3) is 4.28. The van der Waals surface area contributed by atoms with Gasteiger partial charge in [0.05, 0.1) is 12.2 Å². The zero-order valence-corrected chi connectivity index (χ0v) is 17.0. The first-order valence-electron chi connectivity index (χ1n) is 9.15. The number of nitrogens with zero attached hydrogens (tertiary/aromatic N) is 3. The van der Waals surface area contributed by atoms with Crippen molar-refractivity contribution in [2.24, 2.45) is 0 Å². The highest BCUT2D eigenvalue weighted by Gasteiger charge is 2.28. The number of carbonyl (C=O) groups is 2. The van der Waals surface area contributed by atoms with Gasteiger partial charge in [-0.3, -0.25) is 14.5 Å². The van der Waals surface area contributed by atoms with Gasteiger partial charge >= 0.3 is 0 Å². The number of carbonyl (C=O) groups excluding carboxylic acids is 2. The molecule has 3 aromatic rings. The molecule has 1 aliphatic heterocycles. The van der Waals surface area contributed by atoms with Crippen LogP contribution in [-0.4, -0.2) is 28.1 Å². The number of aromatic nitrogens is 2. The van der Waals surface area contributed by atoms with Crippen molar-refractivity contribution >= 4 is 40.8 Å². The van der Waals surface area contributed by atoms with Crippen molar-refractivity contribution in [3.63, 3.8) is 0 Å². The zero-order valence-electron chi connectivity index (χ0n) is 15.4. The molecular formula is C21H18Cl2N4O2. The van der Waals surface area contributed by atoms with Crippen molar-refractivity contribution in [1.29, 1.82) is 0 Å². The Hall–Kier alpha value is -2.83. The minimum atomic E-state index is -0.266. The van der Waals surface area contributed by atoms with E-state index in [-0.39, 0.29) is 18.4 Å². The van der Waals surface area contributed by atoms with Gasteiger partial charge in [0.2, 0.25) is 11.8 Å². The predicted octanol–water partition coefficient (Wildman–Crippen LogP) is 3.91. The molecule has 0 unspecified atom stereocenters. The van der Waals surface area contributed by atoms with Crippen LogP contribution in [-0.2, 0) is 22.7 Å². The van der Waals surface area contributed by atoms with E-state index < -0.39 is 0 Å². The normalized spacial score (nSPS) is 13.3. The molecule has 0 radical (unpaired) electrons. The van der Waals surface area contributed by atoms with Gasteiger partial charge in [0.1, 0.15) is 12.4 Å². The van der Waals surface area contributed by atoms with E-state index in [0.717, 1.165) is 11.1 Å². The standard InChI is InChI=1S/C21H18Cl2N4O2/c22-16-6-3-5-14(10-16)18-11-20-26(21(29)8-9-27(20)25-18)13-19(28)24-12-15-4-1-2-7-17(15)23/h1-7,10-11H,8-9,12-13H2,(H,24,28). The van der Waals surface area contributed by atoms with Crippen LogP contribution in [0.2, 0.25) is 10.0 Å². The molecule has 0 saturated heterocycles. The highest BCUT2D eigenvalue weighted by atomic mass is 35.5. The molecule has 6 nitrogen and oxygen atoms in total. The first-order valence-corrected chi connectivity index (χ1v) is 9.91. The lowest BCUT2D eigenvalue weighted by Gasteiger charge is -2.26. The maximum Gasteiger partial charge on any atom is 0.240 e. The van der Waals surface area contributed by atoms with Crippen LogP contribution in [0.5, 0.6) is 0 Å². The average molecular weight is 429 g/mol. The molecule has 0 aliphatic carbocycles. The van der Waals surface area contributed by atoms with Crippen molar-refractivity contribution in [3.05, 3.63) is 70.2 Å². The molecule has 2 aromatic carbocycles. The monoisotopic (exact) mass is 428 g/mol. The van der Waals surface area contributed by atoms with Gasteiger partial charge in [0, 0.05) is 34.6 Å². The van der Waals surface area contributed by atoms with Gasteiger partial charge in [0.15, 0.2) is 0 Å². The summed E-state index contributed by atoms with van der Waals surface area (Å²) in [4.78, 5) is 26.4. The Morgan fingerprint density at radius 2 is 1.93 bits per heavy atom. The van der Waals surface area contributed by atoms with E-state index in [1.54, 1.807) is 16.8 Å². The summed E-state index contributed by atoms with van der Waals surface area (Å²) in [7, 11) is 0. The van der Waals surface area contributed by atoms with E-state index in [4.69, 9.17) is 23.2 Å². The van der Waals surface area contributed by atoms with Crippen molar-refractivity contribution in [2.75, 3.05) is 11.4 Å². The fourth-order valence-electron chi connectivity index (χ4n) is 3.25. The third-order valence-electron chi connectivity index (χ3n) is 4.73. The highest BCUT2D eigenvalue weighted by molar-refractivity contribution is 6.31. The van der Waals surface area contributed by atoms with Gasteiger partial charge in [-0.15, -0.1) is 0 Å². The molecule has 4 rings (SSSR count). The number of halogens is 2. The van der Waals surface area contributed by atoms with Crippen LogP contribution in [0, 0.1) is 0 Å². The summed E-state index contributed by atoms with van der Waals surface area (Å²) in [5.74, 6) is 0.226. The van der Waals surface area contributed by atoms with Crippen LogP contribution in [0.25, 0.3) is 11.3 Å². The largest absolute Gasteiger partial charge is 0.350 e. The molecule has 29 heavy (non-hydrogen) atoms. The summed E-state index contributed by atoms with van der Waals surface area (Å²) in [6, 6.07) is 16.5. The predicted molar refractivity (Wildman–Crippen MR) is 113 cm³/mol. The second-order valence-electron chi connectivity index (χ2n) is 6.72.